The zero-order valence-electron chi connectivity index (χ0n) is 9.03. The van der Waals surface area contributed by atoms with Gasteiger partial charge in [0.25, 0.3) is 0 Å². The van der Waals surface area contributed by atoms with Gasteiger partial charge in [-0.15, -0.1) is 0 Å². The first-order valence-corrected chi connectivity index (χ1v) is 7.07. The van der Waals surface area contributed by atoms with Gasteiger partial charge in [-0.25, -0.2) is 9.97 Å². The van der Waals surface area contributed by atoms with Crippen molar-refractivity contribution in [2.24, 2.45) is 0 Å². The Hall–Kier alpha value is -0.690. The van der Waals surface area contributed by atoms with E-state index in [0.717, 1.165) is 27.0 Å². The third-order valence-electron chi connectivity index (χ3n) is 2.27. The second-order valence-electron chi connectivity index (χ2n) is 3.53. The Morgan fingerprint density at radius 1 is 1.18 bits per heavy atom. The summed E-state index contributed by atoms with van der Waals surface area (Å²) in [6, 6.07) is 10.3. The van der Waals surface area contributed by atoms with Crippen LogP contribution in [0.2, 0.25) is 0 Å². The molecule has 0 aliphatic rings. The molecule has 1 N–H and O–H groups in total. The molecule has 2 rings (SSSR count). The molecule has 0 amide bonds. The zero-order chi connectivity index (χ0) is 12.1. The first-order valence-electron chi connectivity index (χ1n) is 5.20. The normalized spacial score (nSPS) is 10.2. The van der Waals surface area contributed by atoms with Crippen molar-refractivity contribution in [2.45, 2.75) is 6.42 Å². The maximum Gasteiger partial charge on any atom is 0.130 e. The summed E-state index contributed by atoms with van der Waals surface area (Å²) in [6.07, 6.45) is 2.55. The molecule has 3 nitrogen and oxygen atoms in total. The molecular weight excluding hydrogens is 393 g/mol. The van der Waals surface area contributed by atoms with E-state index in [0.29, 0.717) is 0 Å². The van der Waals surface area contributed by atoms with E-state index < -0.39 is 0 Å². The highest BCUT2D eigenvalue weighted by Gasteiger charge is 1.96. The van der Waals surface area contributed by atoms with Gasteiger partial charge in [-0.3, -0.25) is 0 Å². The first-order chi connectivity index (χ1) is 8.24. The fraction of sp³-hybridized carbons (Fsp3) is 0.167. The zero-order valence-corrected chi connectivity index (χ0v) is 12.8. The SMILES string of the molecule is Brc1ccc(CCNc2cc(I)ncn2)cc1. The van der Waals surface area contributed by atoms with Crippen LogP contribution in [-0.2, 0) is 6.42 Å². The molecule has 0 atom stereocenters. The van der Waals surface area contributed by atoms with E-state index in [2.05, 4.69) is 78.1 Å². The van der Waals surface area contributed by atoms with Crippen molar-refractivity contribution in [2.75, 3.05) is 11.9 Å². The van der Waals surface area contributed by atoms with Crippen molar-refractivity contribution in [3.05, 3.63) is 50.4 Å². The maximum absolute atomic E-state index is 4.15. The summed E-state index contributed by atoms with van der Waals surface area (Å²) in [5.41, 5.74) is 1.31. The van der Waals surface area contributed by atoms with E-state index in [1.807, 2.05) is 6.07 Å². The Labute approximate surface area is 122 Å². The highest BCUT2D eigenvalue weighted by Crippen LogP contribution is 2.11. The summed E-state index contributed by atoms with van der Waals surface area (Å²) in [6.45, 7) is 0.870. The predicted molar refractivity (Wildman–Crippen MR) is 81.1 cm³/mol. The number of hydrogen-bond acceptors (Lipinski definition) is 3. The monoisotopic (exact) mass is 403 g/mol. The largest absolute Gasteiger partial charge is 0.370 e. The molecule has 1 heterocycles. The molecule has 0 aliphatic carbocycles. The van der Waals surface area contributed by atoms with E-state index in [4.69, 9.17) is 0 Å². The van der Waals surface area contributed by atoms with Gasteiger partial charge in [0.2, 0.25) is 0 Å². The molecule has 88 valence electrons. The molecule has 1 aromatic carbocycles. The van der Waals surface area contributed by atoms with Gasteiger partial charge in [0.05, 0.1) is 0 Å². The highest BCUT2D eigenvalue weighted by molar-refractivity contribution is 14.1. The van der Waals surface area contributed by atoms with Crippen LogP contribution < -0.4 is 5.32 Å². The third-order valence-corrected chi connectivity index (χ3v) is 3.39. The van der Waals surface area contributed by atoms with Crippen LogP contribution in [0.1, 0.15) is 5.56 Å². The van der Waals surface area contributed by atoms with Crippen molar-refractivity contribution in [3.63, 3.8) is 0 Å². The number of halogens is 2. The average Bonchev–Trinajstić information content (AvgIpc) is 2.32. The minimum absolute atomic E-state index is 0.870. The number of aromatic nitrogens is 2. The van der Waals surface area contributed by atoms with Gasteiger partial charge in [-0.2, -0.15) is 0 Å². The molecule has 5 heteroatoms. The number of rotatable bonds is 4. The second kappa shape index (κ2) is 6.30. The third kappa shape index (κ3) is 4.23. The van der Waals surface area contributed by atoms with Crippen LogP contribution in [0.25, 0.3) is 0 Å². The van der Waals surface area contributed by atoms with E-state index in [1.54, 1.807) is 6.33 Å². The summed E-state index contributed by atoms with van der Waals surface area (Å²) in [5.74, 6) is 0.876. The molecular formula is C12H11BrIN3. The van der Waals surface area contributed by atoms with E-state index in [-0.39, 0.29) is 0 Å². The predicted octanol–water partition coefficient (Wildman–Crippen LogP) is 3.50. The van der Waals surface area contributed by atoms with Crippen LogP contribution in [0.4, 0.5) is 5.82 Å². The first kappa shape index (κ1) is 12.8. The van der Waals surface area contributed by atoms with Crippen LogP contribution in [0.3, 0.4) is 0 Å². The molecule has 17 heavy (non-hydrogen) atoms. The molecule has 1 aromatic heterocycles. The van der Waals surface area contributed by atoms with Crippen LogP contribution in [0, 0.1) is 3.70 Å². The van der Waals surface area contributed by atoms with Crippen molar-refractivity contribution < 1.29 is 0 Å². The van der Waals surface area contributed by atoms with Gasteiger partial charge < -0.3 is 5.32 Å². The fourth-order valence-electron chi connectivity index (χ4n) is 1.42. The Morgan fingerprint density at radius 3 is 2.65 bits per heavy atom. The lowest BCUT2D eigenvalue weighted by Gasteiger charge is -2.05. The summed E-state index contributed by atoms with van der Waals surface area (Å²) >= 11 is 5.60. The minimum Gasteiger partial charge on any atom is -0.370 e. The standard InChI is InChI=1S/C12H11BrIN3/c13-10-3-1-9(2-4-10)5-6-15-12-7-11(14)16-8-17-12/h1-4,7-8H,5-6H2,(H,15,16,17). The second-order valence-corrected chi connectivity index (χ2v) is 5.55. The summed E-state index contributed by atoms with van der Waals surface area (Å²) < 4.78 is 2.06. The number of nitrogens with zero attached hydrogens (tertiary/aromatic N) is 2. The van der Waals surface area contributed by atoms with Gasteiger partial charge in [0, 0.05) is 17.1 Å². The molecule has 0 spiro atoms. The number of nitrogens with one attached hydrogen (secondary N) is 1. The van der Waals surface area contributed by atoms with Crippen LogP contribution in [0.15, 0.2) is 41.1 Å². The van der Waals surface area contributed by atoms with E-state index in [9.17, 15) is 0 Å². The van der Waals surface area contributed by atoms with Gasteiger partial charge >= 0.3 is 0 Å². The quantitative estimate of drug-likeness (QED) is 0.627. The molecule has 0 fully saturated rings. The number of hydrogen-bond donors (Lipinski definition) is 1. The van der Waals surface area contributed by atoms with Crippen molar-refractivity contribution in [3.8, 4) is 0 Å². The van der Waals surface area contributed by atoms with Crippen molar-refractivity contribution in [1.29, 1.82) is 0 Å². The van der Waals surface area contributed by atoms with Gasteiger partial charge in [-0.05, 0) is 46.7 Å². The fourth-order valence-corrected chi connectivity index (χ4v) is 2.10. The smallest absolute Gasteiger partial charge is 0.130 e. The van der Waals surface area contributed by atoms with E-state index >= 15 is 0 Å². The van der Waals surface area contributed by atoms with Crippen LogP contribution in [-0.4, -0.2) is 16.5 Å². The maximum atomic E-state index is 4.15. The molecule has 0 unspecified atom stereocenters. The lowest BCUT2D eigenvalue weighted by atomic mass is 10.1. The van der Waals surface area contributed by atoms with Crippen LogP contribution >= 0.6 is 38.5 Å². The highest BCUT2D eigenvalue weighted by atomic mass is 127. The molecule has 0 aliphatic heterocycles. The summed E-state index contributed by atoms with van der Waals surface area (Å²) in [7, 11) is 0. The molecule has 0 saturated heterocycles. The molecule has 2 aromatic rings. The Kier molecular flexibility index (Phi) is 4.73. The Bertz CT molecular complexity index is 487. The van der Waals surface area contributed by atoms with E-state index in [1.165, 1.54) is 5.56 Å². The van der Waals surface area contributed by atoms with Gasteiger partial charge in [0.15, 0.2) is 0 Å². The molecule has 0 saturated carbocycles. The topological polar surface area (TPSA) is 37.8 Å². The molecule has 0 radical (unpaired) electrons. The summed E-state index contributed by atoms with van der Waals surface area (Å²) in [4.78, 5) is 8.20. The lowest BCUT2D eigenvalue weighted by molar-refractivity contribution is 0.995. The van der Waals surface area contributed by atoms with Crippen molar-refractivity contribution in [1.82, 2.24) is 9.97 Å². The molecule has 0 bridgehead atoms. The van der Waals surface area contributed by atoms with Gasteiger partial charge in [-0.1, -0.05) is 28.1 Å². The van der Waals surface area contributed by atoms with Gasteiger partial charge in [0.1, 0.15) is 15.8 Å². The van der Waals surface area contributed by atoms with Crippen LogP contribution in [0.5, 0.6) is 0 Å². The number of anilines is 1. The number of benzene rings is 1. The summed E-state index contributed by atoms with van der Waals surface area (Å²) in [5, 5.41) is 3.28. The lowest BCUT2D eigenvalue weighted by Crippen LogP contribution is -2.06. The Morgan fingerprint density at radius 2 is 1.94 bits per heavy atom. The Balaban J connectivity index is 1.85. The van der Waals surface area contributed by atoms with Crippen molar-refractivity contribution >= 4 is 44.3 Å². The average molecular weight is 404 g/mol. The minimum atomic E-state index is 0.870.